The number of carbonyl (C=O) groups is 8. The predicted molar refractivity (Wildman–Crippen MR) is 293 cm³/mol. The van der Waals surface area contributed by atoms with Crippen molar-refractivity contribution in [2.75, 3.05) is 18.1 Å². The lowest BCUT2D eigenvalue weighted by atomic mass is 10.00. The highest BCUT2D eigenvalue weighted by Gasteiger charge is 2.36. The fraction of sp³-hybridized carbons (Fsp3) is 0.370. The lowest BCUT2D eigenvalue weighted by Gasteiger charge is -2.29. The first-order valence-corrected chi connectivity index (χ1v) is 27.6. The van der Waals surface area contributed by atoms with Crippen LogP contribution in [0.4, 0.5) is 0 Å². The van der Waals surface area contributed by atoms with E-state index in [4.69, 9.17) is 11.5 Å². The molecule has 5 aromatic rings. The van der Waals surface area contributed by atoms with Gasteiger partial charge in [0.05, 0.1) is 12.1 Å². The molecule has 1 aliphatic rings. The first-order chi connectivity index (χ1) is 37.0. The number of fused-ring (bicyclic) bond motifs is 1. The first kappa shape index (κ1) is 58.8. The second kappa shape index (κ2) is 29.2. The molecule has 0 saturated carbocycles. The highest BCUT2D eigenvalue weighted by atomic mass is 33.1. The van der Waals surface area contributed by atoms with Crippen LogP contribution in [-0.4, -0.2) is 140 Å². The number of aliphatic hydroxyl groups is 1. The van der Waals surface area contributed by atoms with Crippen molar-refractivity contribution < 1.29 is 53.7 Å². The Hall–Kier alpha value is -7.44. The van der Waals surface area contributed by atoms with E-state index in [0.29, 0.717) is 35.1 Å². The summed E-state index contributed by atoms with van der Waals surface area (Å²) in [6, 6.07) is 19.1. The van der Waals surface area contributed by atoms with E-state index in [9.17, 15) is 53.7 Å². The zero-order chi connectivity index (χ0) is 55.4. The lowest BCUT2D eigenvalue weighted by Crippen LogP contribution is -2.62. The molecule has 1 fully saturated rings. The molecule has 23 heteroatoms. The minimum atomic E-state index is -1.71. The molecule has 410 valence electrons. The van der Waals surface area contributed by atoms with E-state index in [-0.39, 0.29) is 55.9 Å². The number of carboxylic acid groups (broad SMARTS) is 1. The number of phenolic OH excluding ortho intramolecular Hbond substituents is 1. The Balaban J connectivity index is 1.40. The van der Waals surface area contributed by atoms with E-state index >= 15 is 0 Å². The van der Waals surface area contributed by atoms with Crippen molar-refractivity contribution in [2.24, 2.45) is 11.5 Å². The third kappa shape index (κ3) is 17.8. The quantitative estimate of drug-likeness (QED) is 0.0542. The van der Waals surface area contributed by atoms with Gasteiger partial charge in [-0.2, -0.15) is 0 Å². The number of para-hydroxylation sites is 1. The number of aliphatic hydroxyl groups excluding tert-OH is 1. The molecule has 6 rings (SSSR count). The van der Waals surface area contributed by atoms with Gasteiger partial charge in [-0.25, -0.2) is 4.79 Å². The highest BCUT2D eigenvalue weighted by Crippen LogP contribution is 2.24. The van der Waals surface area contributed by atoms with E-state index in [1.165, 1.54) is 19.1 Å². The molecule has 1 saturated heterocycles. The maximum atomic E-state index is 14.9. The second-order valence-corrected chi connectivity index (χ2v) is 21.3. The van der Waals surface area contributed by atoms with Gasteiger partial charge in [0, 0.05) is 54.3 Å². The van der Waals surface area contributed by atoms with E-state index in [2.05, 4.69) is 42.2 Å². The Kier molecular flexibility index (Phi) is 22.3. The number of nitrogens with one attached hydrogen (secondary N) is 8. The maximum Gasteiger partial charge on any atom is 0.327 e. The number of nitrogens with two attached hydrogens (primary N) is 2. The van der Waals surface area contributed by atoms with Crippen molar-refractivity contribution in [1.29, 1.82) is 0 Å². The van der Waals surface area contributed by atoms with E-state index in [0.717, 1.165) is 32.5 Å². The van der Waals surface area contributed by atoms with Gasteiger partial charge < -0.3 is 69.0 Å². The summed E-state index contributed by atoms with van der Waals surface area (Å²) in [6.45, 7) is 1.48. The topological polar surface area (TPSA) is 349 Å². The van der Waals surface area contributed by atoms with Crippen LogP contribution < -0.4 is 48.7 Å². The first-order valence-electron chi connectivity index (χ1n) is 25.1. The van der Waals surface area contributed by atoms with Crippen LogP contribution in [0.3, 0.4) is 0 Å². The van der Waals surface area contributed by atoms with Gasteiger partial charge in [-0.15, -0.1) is 0 Å². The van der Waals surface area contributed by atoms with Crippen molar-refractivity contribution in [3.05, 3.63) is 138 Å². The molecule has 0 spiro atoms. The number of hydrogen-bond acceptors (Lipinski definition) is 14. The van der Waals surface area contributed by atoms with Crippen LogP contribution in [-0.2, 0) is 64.0 Å². The molecule has 77 heavy (non-hydrogen) atoms. The minimum Gasteiger partial charge on any atom is -0.508 e. The van der Waals surface area contributed by atoms with Crippen molar-refractivity contribution in [2.45, 2.75) is 106 Å². The SMILES string of the molecule is C[C@H](O)[C@@H]1NC(=O)[C@H](CCCCN)NC(=O)[C@H](Cc2c[nH]c3ccccc23)NC(=O)[C@H](Cc2ccc(O)cc2)NC(=O)[C@@H](Cc2ccccc2)NC(=O)[C@H](N)CSSC[C@@H](C(=O)O)NC(=O)[C@H](Cc2ccccc2)NC1=O. The summed E-state index contributed by atoms with van der Waals surface area (Å²) < 4.78 is 0. The molecule has 0 aliphatic carbocycles. The largest absolute Gasteiger partial charge is 0.508 e. The van der Waals surface area contributed by atoms with Crippen molar-refractivity contribution >= 4 is 79.8 Å². The second-order valence-electron chi connectivity index (χ2n) is 18.7. The van der Waals surface area contributed by atoms with Crippen LogP contribution >= 0.6 is 21.6 Å². The molecular weight excluding hydrogens is 1030 g/mol. The molecule has 0 unspecified atom stereocenters. The average molecular weight is 1100 g/mol. The van der Waals surface area contributed by atoms with E-state index < -0.39 is 102 Å². The molecule has 2 heterocycles. The summed E-state index contributed by atoms with van der Waals surface area (Å²) in [5.74, 6) is -7.73. The van der Waals surface area contributed by atoms with Crippen LogP contribution in [0.5, 0.6) is 5.75 Å². The molecule has 1 aromatic heterocycles. The van der Waals surface area contributed by atoms with E-state index in [1.54, 1.807) is 85.1 Å². The standard InChI is InChI=1S/C54H66N10O11S2/c1-31(65)46-53(73)62-43(25-33-14-6-3-7-15-33)51(71)63-45(54(74)75)30-77-76-29-38(56)47(67)59-41(24-32-12-4-2-5-13-32)49(69)60-42(26-34-19-21-36(66)22-20-34)50(70)61-44(27-35-28-57-39-17-9-8-16-37(35)39)52(72)58-40(48(68)64-46)18-10-11-23-55/h2-9,12-17,19-22,28,31,38,40-46,57,65-66H,10-11,18,23-27,29-30,55-56H2,1H3,(H,58,72)(H,59,67)(H,60,69)(H,61,70)(H,62,73)(H,63,71)(H,64,68)(H,74,75)/t31-,38+,40-,41+,42-,43-,44-,45-,46-/m0/s1. The molecule has 15 N–H and O–H groups in total. The number of phenols is 1. The van der Waals surface area contributed by atoms with Gasteiger partial charge in [0.2, 0.25) is 41.4 Å². The number of aromatic hydroxyl groups is 1. The maximum absolute atomic E-state index is 14.9. The molecule has 21 nitrogen and oxygen atoms in total. The summed E-state index contributed by atoms with van der Waals surface area (Å²) in [7, 11) is 2.04. The number of amides is 7. The van der Waals surface area contributed by atoms with Crippen LogP contribution in [0.1, 0.15) is 48.4 Å². The van der Waals surface area contributed by atoms with Gasteiger partial charge in [0.25, 0.3) is 0 Å². The number of carbonyl (C=O) groups excluding carboxylic acids is 7. The number of aromatic nitrogens is 1. The zero-order valence-electron chi connectivity index (χ0n) is 42.3. The summed E-state index contributed by atoms with van der Waals surface area (Å²) in [4.78, 5) is 116. The summed E-state index contributed by atoms with van der Waals surface area (Å²) in [5, 5.41) is 50.7. The smallest absolute Gasteiger partial charge is 0.327 e. The predicted octanol–water partition coefficient (Wildman–Crippen LogP) is 0.854. The van der Waals surface area contributed by atoms with Gasteiger partial charge in [-0.05, 0) is 73.2 Å². The van der Waals surface area contributed by atoms with Gasteiger partial charge in [-0.3, -0.25) is 33.6 Å². The normalized spacial score (nSPS) is 23.5. The molecule has 0 bridgehead atoms. The zero-order valence-corrected chi connectivity index (χ0v) is 43.9. The molecule has 7 amide bonds. The molecular formula is C54H66N10O11S2. The van der Waals surface area contributed by atoms with Crippen LogP contribution in [0.15, 0.2) is 115 Å². The molecule has 4 aromatic carbocycles. The Morgan fingerprint density at radius 2 is 1.04 bits per heavy atom. The fourth-order valence-electron chi connectivity index (χ4n) is 8.46. The molecule has 1 aliphatic heterocycles. The van der Waals surface area contributed by atoms with Crippen molar-refractivity contribution in [3.63, 3.8) is 0 Å². The van der Waals surface area contributed by atoms with Crippen molar-refractivity contribution in [1.82, 2.24) is 42.2 Å². The number of benzene rings is 4. The third-order valence-corrected chi connectivity index (χ3v) is 15.2. The summed E-state index contributed by atoms with van der Waals surface area (Å²) in [5.41, 5.74) is 15.3. The number of aromatic amines is 1. The number of rotatable bonds is 14. The van der Waals surface area contributed by atoms with Gasteiger partial charge >= 0.3 is 5.97 Å². The Morgan fingerprint density at radius 3 is 1.60 bits per heavy atom. The number of aliphatic carboxylic acids is 1. The minimum absolute atomic E-state index is 0.0136. The lowest BCUT2D eigenvalue weighted by molar-refractivity contribution is -0.141. The van der Waals surface area contributed by atoms with Gasteiger partial charge in [0.15, 0.2) is 0 Å². The Morgan fingerprint density at radius 1 is 0.571 bits per heavy atom. The number of unbranched alkanes of at least 4 members (excludes halogenated alkanes) is 1. The van der Waals surface area contributed by atoms with Crippen LogP contribution in [0, 0.1) is 0 Å². The summed E-state index contributed by atoms with van der Waals surface area (Å²) in [6.07, 6.45) is 0.380. The number of hydrogen-bond donors (Lipinski definition) is 13. The highest BCUT2D eigenvalue weighted by molar-refractivity contribution is 8.76. The monoisotopic (exact) mass is 1090 g/mol. The van der Waals surface area contributed by atoms with Crippen LogP contribution in [0.2, 0.25) is 0 Å². The summed E-state index contributed by atoms with van der Waals surface area (Å²) >= 11 is 0. The van der Waals surface area contributed by atoms with E-state index in [1.807, 2.05) is 18.2 Å². The molecule has 0 radical (unpaired) electrons. The third-order valence-electron chi connectivity index (χ3n) is 12.7. The number of H-pyrrole nitrogens is 1. The van der Waals surface area contributed by atoms with Gasteiger partial charge in [-0.1, -0.05) is 113 Å². The fourth-order valence-corrected chi connectivity index (χ4v) is 10.7. The Labute approximate surface area is 453 Å². The number of carboxylic acids is 1. The van der Waals surface area contributed by atoms with Crippen molar-refractivity contribution in [3.8, 4) is 5.75 Å². The average Bonchev–Trinajstić information content (AvgIpc) is 3.82. The van der Waals surface area contributed by atoms with Crippen LogP contribution in [0.25, 0.3) is 10.9 Å². The Bertz CT molecular complexity index is 2810. The molecule has 9 atom stereocenters. The van der Waals surface area contributed by atoms with Gasteiger partial charge in [0.1, 0.15) is 48.0 Å².